The minimum Gasteiger partial charge on any atom is -0.229 e. The van der Waals surface area contributed by atoms with Crippen LogP contribution in [0.15, 0.2) is 11.9 Å². The van der Waals surface area contributed by atoms with Crippen molar-refractivity contribution in [2.45, 2.75) is 12.3 Å². The Morgan fingerprint density at radius 1 is 1.00 bits per heavy atom. The van der Waals surface area contributed by atoms with Crippen LogP contribution in [0, 0.1) is 0 Å². The third-order valence-electron chi connectivity index (χ3n) is 0.690. The van der Waals surface area contributed by atoms with Gasteiger partial charge >= 0.3 is 12.3 Å². The quantitative estimate of drug-likeness (QED) is 0.547. The molecule has 0 saturated carbocycles. The molecule has 0 aromatic carbocycles. The first-order chi connectivity index (χ1) is 4.76. The fourth-order valence-electron chi connectivity index (χ4n) is 0.239. The molecule has 1 atom stereocenters. The van der Waals surface area contributed by atoms with Gasteiger partial charge in [-0.1, -0.05) is 0 Å². The summed E-state index contributed by atoms with van der Waals surface area (Å²) in [6, 6.07) is 0. The summed E-state index contributed by atoms with van der Waals surface area (Å²) >= 11 is 0. The van der Waals surface area contributed by atoms with Crippen molar-refractivity contribution in [3.05, 3.63) is 11.9 Å². The van der Waals surface area contributed by atoms with Gasteiger partial charge in [0.05, 0.1) is 0 Å². The number of rotatable bonds is 1. The smallest absolute Gasteiger partial charge is 0.229 e. The van der Waals surface area contributed by atoms with E-state index in [0.29, 0.717) is 0 Å². The van der Waals surface area contributed by atoms with Crippen molar-refractivity contribution in [1.82, 2.24) is 0 Å². The summed E-state index contributed by atoms with van der Waals surface area (Å²) in [5.41, 5.74) is 0. The second-order valence-corrected chi connectivity index (χ2v) is 1.51. The van der Waals surface area contributed by atoms with E-state index in [-0.39, 0.29) is 0 Å². The van der Waals surface area contributed by atoms with Crippen molar-refractivity contribution in [1.29, 1.82) is 0 Å². The molecule has 0 aliphatic carbocycles. The maximum Gasteiger partial charge on any atom is 0.426 e. The third kappa shape index (κ3) is 2.77. The fraction of sp³-hybridized carbons (Fsp3) is 0.500. The highest BCUT2D eigenvalue weighted by atomic mass is 19.4. The molecule has 0 rings (SSSR count). The number of allylic oxidation sites excluding steroid dienone is 1. The van der Waals surface area contributed by atoms with E-state index in [0.717, 1.165) is 0 Å². The first-order valence-corrected chi connectivity index (χ1v) is 2.18. The molecule has 0 N–H and O–H groups in total. The predicted molar refractivity (Wildman–Crippen MR) is 21.3 cm³/mol. The van der Waals surface area contributed by atoms with Gasteiger partial charge in [-0.3, -0.25) is 0 Å². The second-order valence-electron chi connectivity index (χ2n) is 1.51. The average Bonchev–Trinajstić information content (AvgIpc) is 1.82. The van der Waals surface area contributed by atoms with Crippen molar-refractivity contribution in [2.75, 3.05) is 0 Å². The highest BCUT2D eigenvalue weighted by Crippen LogP contribution is 2.31. The molecular weight excluding hydrogens is 181 g/mol. The van der Waals surface area contributed by atoms with Crippen molar-refractivity contribution < 1.29 is 30.7 Å². The molecule has 0 aromatic rings. The molecule has 0 aliphatic rings. The van der Waals surface area contributed by atoms with Crippen molar-refractivity contribution in [3.8, 4) is 0 Å². The maximum absolute atomic E-state index is 11.5. The summed E-state index contributed by atoms with van der Waals surface area (Å²) in [5, 5.41) is 0. The third-order valence-corrected chi connectivity index (χ3v) is 0.690. The summed E-state index contributed by atoms with van der Waals surface area (Å²) in [6.45, 7) is 0. The van der Waals surface area contributed by atoms with Gasteiger partial charge in [0.15, 0.2) is 0 Å². The lowest BCUT2D eigenvalue weighted by atomic mass is 10.3. The van der Waals surface area contributed by atoms with Gasteiger partial charge in [0, 0.05) is 0 Å². The van der Waals surface area contributed by atoms with E-state index >= 15 is 0 Å². The molecule has 0 aliphatic heterocycles. The summed E-state index contributed by atoms with van der Waals surface area (Å²) in [6.07, 6.45) is -13.1. The Morgan fingerprint density at radius 3 is 1.45 bits per heavy atom. The van der Waals surface area contributed by atoms with E-state index in [4.69, 9.17) is 0 Å². The standard InChI is InChI=1S/C4HF7/c5-1(3(7)8)2(6)4(9,10)11/h2H. The zero-order chi connectivity index (χ0) is 9.23. The van der Waals surface area contributed by atoms with Gasteiger partial charge in [-0.15, -0.1) is 0 Å². The zero-order valence-electron chi connectivity index (χ0n) is 4.72. The van der Waals surface area contributed by atoms with Gasteiger partial charge < -0.3 is 0 Å². The minimum absolute atomic E-state index is 3.09. The Hall–Kier alpha value is -0.750. The van der Waals surface area contributed by atoms with E-state index in [2.05, 4.69) is 0 Å². The van der Waals surface area contributed by atoms with E-state index in [1.807, 2.05) is 0 Å². The van der Waals surface area contributed by atoms with Gasteiger partial charge in [-0.05, 0) is 0 Å². The molecule has 11 heavy (non-hydrogen) atoms. The molecule has 0 fully saturated rings. The topological polar surface area (TPSA) is 0 Å². The maximum atomic E-state index is 11.5. The normalized spacial score (nSPS) is 14.5. The van der Waals surface area contributed by atoms with Crippen LogP contribution in [-0.2, 0) is 0 Å². The van der Waals surface area contributed by atoms with E-state index in [1.54, 1.807) is 0 Å². The van der Waals surface area contributed by atoms with Gasteiger partial charge in [-0.2, -0.15) is 22.0 Å². The molecule has 0 bridgehead atoms. The molecule has 0 heterocycles. The molecule has 0 radical (unpaired) electrons. The molecule has 0 amide bonds. The second kappa shape index (κ2) is 3.10. The Labute approximate surface area is 56.3 Å². The molecule has 0 nitrogen and oxygen atoms in total. The van der Waals surface area contributed by atoms with Gasteiger partial charge in [0.1, 0.15) is 0 Å². The van der Waals surface area contributed by atoms with Crippen LogP contribution in [0.5, 0.6) is 0 Å². The van der Waals surface area contributed by atoms with Crippen LogP contribution in [0.1, 0.15) is 0 Å². The lowest BCUT2D eigenvalue weighted by Crippen LogP contribution is -2.25. The van der Waals surface area contributed by atoms with Gasteiger partial charge in [0.25, 0.3) is 6.17 Å². The zero-order valence-corrected chi connectivity index (χ0v) is 4.72. The summed E-state index contributed by atoms with van der Waals surface area (Å²) in [5.74, 6) is -3.09. The van der Waals surface area contributed by atoms with E-state index in [1.165, 1.54) is 0 Å². The monoisotopic (exact) mass is 182 g/mol. The summed E-state index contributed by atoms with van der Waals surface area (Å²) in [4.78, 5) is 0. The van der Waals surface area contributed by atoms with E-state index in [9.17, 15) is 30.7 Å². The van der Waals surface area contributed by atoms with Crippen LogP contribution < -0.4 is 0 Å². The average molecular weight is 182 g/mol. The summed E-state index contributed by atoms with van der Waals surface area (Å²) in [7, 11) is 0. The molecule has 66 valence electrons. The molecule has 0 aromatic heterocycles. The largest absolute Gasteiger partial charge is 0.426 e. The molecule has 0 spiro atoms. The number of hydrogen-bond acceptors (Lipinski definition) is 0. The van der Waals surface area contributed by atoms with Crippen LogP contribution in [0.4, 0.5) is 30.7 Å². The van der Waals surface area contributed by atoms with Gasteiger partial charge in [0.2, 0.25) is 5.83 Å². The lowest BCUT2D eigenvalue weighted by Gasteiger charge is -2.08. The van der Waals surface area contributed by atoms with Crippen LogP contribution in [0.25, 0.3) is 0 Å². The highest BCUT2D eigenvalue weighted by molar-refractivity contribution is 5.01. The number of alkyl halides is 4. The molecule has 0 saturated heterocycles. The van der Waals surface area contributed by atoms with Gasteiger partial charge in [-0.25, -0.2) is 8.78 Å². The van der Waals surface area contributed by atoms with Crippen molar-refractivity contribution in [3.63, 3.8) is 0 Å². The number of hydrogen-bond donors (Lipinski definition) is 0. The lowest BCUT2D eigenvalue weighted by molar-refractivity contribution is -0.174. The molecule has 1 unspecified atom stereocenters. The Bertz CT molecular complexity index is 162. The van der Waals surface area contributed by atoms with Crippen molar-refractivity contribution >= 4 is 0 Å². The first kappa shape index (κ1) is 10.2. The molecule has 7 heteroatoms. The fourth-order valence-corrected chi connectivity index (χ4v) is 0.239. The minimum atomic E-state index is -5.62. The van der Waals surface area contributed by atoms with E-state index < -0.39 is 24.3 Å². The Kier molecular flexibility index (Phi) is 2.89. The van der Waals surface area contributed by atoms with Crippen LogP contribution in [0.3, 0.4) is 0 Å². The number of halogens is 7. The van der Waals surface area contributed by atoms with Crippen LogP contribution in [-0.4, -0.2) is 12.3 Å². The SMILES string of the molecule is FC(F)=C(F)C(F)C(F)(F)F. The Balaban J connectivity index is 4.52. The summed E-state index contributed by atoms with van der Waals surface area (Å²) < 4.78 is 78.1. The predicted octanol–water partition coefficient (Wildman–Crippen LogP) is 2.96. The van der Waals surface area contributed by atoms with Crippen LogP contribution >= 0.6 is 0 Å². The first-order valence-electron chi connectivity index (χ1n) is 2.18. The van der Waals surface area contributed by atoms with Crippen molar-refractivity contribution in [2.24, 2.45) is 0 Å². The highest BCUT2D eigenvalue weighted by Gasteiger charge is 2.45. The van der Waals surface area contributed by atoms with Crippen LogP contribution in [0.2, 0.25) is 0 Å². The Morgan fingerprint density at radius 2 is 1.36 bits per heavy atom. The molecular formula is C4HF7.